The third kappa shape index (κ3) is 1.67. The van der Waals surface area contributed by atoms with Gasteiger partial charge in [0, 0.05) is 13.0 Å². The van der Waals surface area contributed by atoms with Gasteiger partial charge in [-0.3, -0.25) is 0 Å². The van der Waals surface area contributed by atoms with E-state index in [-0.39, 0.29) is 12.1 Å². The Balaban J connectivity index is 2.33. The zero-order valence-corrected chi connectivity index (χ0v) is 5.86. The topological polar surface area (TPSA) is 81.5 Å². The lowest BCUT2D eigenvalue weighted by Crippen LogP contribution is -2.48. The highest BCUT2D eigenvalue weighted by molar-refractivity contribution is 4.80. The van der Waals surface area contributed by atoms with Crippen molar-refractivity contribution in [2.24, 2.45) is 11.5 Å². The summed E-state index contributed by atoms with van der Waals surface area (Å²) in [5.41, 5.74) is 10.8. The molecule has 1 fully saturated rings. The minimum Gasteiger partial charge on any atom is -0.391 e. The largest absolute Gasteiger partial charge is 0.391 e. The van der Waals surface area contributed by atoms with Crippen LogP contribution >= 0.6 is 0 Å². The van der Waals surface area contributed by atoms with Gasteiger partial charge < -0.3 is 21.3 Å². The minimum atomic E-state index is -0.442. The highest BCUT2D eigenvalue weighted by Crippen LogP contribution is 2.11. The molecule has 60 valence electrons. The second kappa shape index (κ2) is 3.30. The average molecular weight is 146 g/mol. The monoisotopic (exact) mass is 146 g/mol. The normalized spacial score (nSPS) is 41.7. The van der Waals surface area contributed by atoms with Gasteiger partial charge in [0.25, 0.3) is 0 Å². The molecule has 1 aliphatic heterocycles. The van der Waals surface area contributed by atoms with Crippen LogP contribution in [-0.4, -0.2) is 36.5 Å². The standard InChI is InChI=1S/C6H14N2O2/c7-2-4-1-6(9)5(8)3-10-4/h4-6,9H,1-3,7-8H2/t4-,5+,6+/m1/s1. The summed E-state index contributed by atoms with van der Waals surface area (Å²) in [6, 6.07) is -0.234. The molecule has 0 radical (unpaired) electrons. The molecule has 1 saturated heterocycles. The number of nitrogens with two attached hydrogens (primary N) is 2. The lowest BCUT2D eigenvalue weighted by molar-refractivity contribution is -0.0519. The van der Waals surface area contributed by atoms with Crippen molar-refractivity contribution in [3.05, 3.63) is 0 Å². The van der Waals surface area contributed by atoms with E-state index in [4.69, 9.17) is 16.2 Å². The van der Waals surface area contributed by atoms with Crippen molar-refractivity contribution in [1.29, 1.82) is 0 Å². The Kier molecular flexibility index (Phi) is 2.62. The van der Waals surface area contributed by atoms with Crippen LogP contribution in [0.4, 0.5) is 0 Å². The van der Waals surface area contributed by atoms with Crippen molar-refractivity contribution < 1.29 is 9.84 Å². The summed E-state index contributed by atoms with van der Waals surface area (Å²) in [5.74, 6) is 0. The maximum absolute atomic E-state index is 9.22. The highest BCUT2D eigenvalue weighted by Gasteiger charge is 2.25. The first-order chi connectivity index (χ1) is 4.74. The summed E-state index contributed by atoms with van der Waals surface area (Å²) < 4.78 is 5.20. The van der Waals surface area contributed by atoms with Crippen LogP contribution in [0.5, 0.6) is 0 Å². The van der Waals surface area contributed by atoms with Gasteiger partial charge in [-0.25, -0.2) is 0 Å². The number of hydrogen-bond acceptors (Lipinski definition) is 4. The lowest BCUT2D eigenvalue weighted by atomic mass is 10.0. The Hall–Kier alpha value is -0.160. The molecule has 0 bridgehead atoms. The van der Waals surface area contributed by atoms with Crippen molar-refractivity contribution >= 4 is 0 Å². The summed E-state index contributed by atoms with van der Waals surface area (Å²) in [4.78, 5) is 0. The summed E-state index contributed by atoms with van der Waals surface area (Å²) in [6.45, 7) is 0.882. The zero-order valence-electron chi connectivity index (χ0n) is 5.86. The summed E-state index contributed by atoms with van der Waals surface area (Å²) in [5, 5.41) is 9.22. The molecule has 0 aromatic rings. The van der Waals surface area contributed by atoms with Crippen LogP contribution in [0.25, 0.3) is 0 Å². The van der Waals surface area contributed by atoms with E-state index in [2.05, 4.69) is 0 Å². The highest BCUT2D eigenvalue weighted by atomic mass is 16.5. The second-order valence-corrected chi connectivity index (χ2v) is 2.66. The second-order valence-electron chi connectivity index (χ2n) is 2.66. The summed E-state index contributed by atoms with van der Waals surface area (Å²) in [6.07, 6.45) is 0.120. The van der Waals surface area contributed by atoms with E-state index < -0.39 is 6.10 Å². The molecule has 0 spiro atoms. The van der Waals surface area contributed by atoms with Crippen molar-refractivity contribution in [1.82, 2.24) is 0 Å². The molecule has 5 N–H and O–H groups in total. The fourth-order valence-corrected chi connectivity index (χ4v) is 1.03. The predicted octanol–water partition coefficient (Wildman–Crippen LogP) is -1.58. The van der Waals surface area contributed by atoms with E-state index in [9.17, 15) is 5.11 Å². The lowest BCUT2D eigenvalue weighted by Gasteiger charge is -2.30. The molecule has 4 nitrogen and oxygen atoms in total. The summed E-state index contributed by atoms with van der Waals surface area (Å²) in [7, 11) is 0. The summed E-state index contributed by atoms with van der Waals surface area (Å²) >= 11 is 0. The van der Waals surface area contributed by atoms with Gasteiger partial charge in [-0.1, -0.05) is 0 Å². The first-order valence-electron chi connectivity index (χ1n) is 3.49. The fourth-order valence-electron chi connectivity index (χ4n) is 1.03. The Labute approximate surface area is 60.1 Å². The molecule has 1 heterocycles. The molecule has 1 rings (SSSR count). The van der Waals surface area contributed by atoms with Gasteiger partial charge in [-0.2, -0.15) is 0 Å². The molecule has 0 aromatic heterocycles. The predicted molar refractivity (Wildman–Crippen MR) is 37.4 cm³/mol. The van der Waals surface area contributed by atoms with Gasteiger partial charge in [-0.05, 0) is 0 Å². The maximum Gasteiger partial charge on any atom is 0.0738 e. The van der Waals surface area contributed by atoms with Crippen LogP contribution in [0, 0.1) is 0 Å². The van der Waals surface area contributed by atoms with Crippen molar-refractivity contribution in [2.75, 3.05) is 13.2 Å². The Morgan fingerprint density at radius 3 is 2.80 bits per heavy atom. The minimum absolute atomic E-state index is 0.00481. The molecule has 0 aromatic carbocycles. The molecular weight excluding hydrogens is 132 g/mol. The molecule has 0 saturated carbocycles. The molecule has 1 aliphatic rings. The van der Waals surface area contributed by atoms with E-state index >= 15 is 0 Å². The van der Waals surface area contributed by atoms with Crippen molar-refractivity contribution in [2.45, 2.75) is 24.7 Å². The smallest absolute Gasteiger partial charge is 0.0738 e. The quantitative estimate of drug-likeness (QED) is 0.417. The number of aliphatic hydroxyl groups excluding tert-OH is 1. The van der Waals surface area contributed by atoms with Gasteiger partial charge in [0.05, 0.1) is 24.9 Å². The SMILES string of the molecule is NC[C@H]1C[C@H](O)[C@@H](N)CO1. The van der Waals surface area contributed by atoms with Crippen LogP contribution in [0.1, 0.15) is 6.42 Å². The van der Waals surface area contributed by atoms with Gasteiger partial charge in [-0.15, -0.1) is 0 Å². The third-order valence-corrected chi connectivity index (χ3v) is 1.79. The average Bonchev–Trinajstić information content (AvgIpc) is 1.95. The molecule has 4 heteroatoms. The number of rotatable bonds is 1. The third-order valence-electron chi connectivity index (χ3n) is 1.79. The van der Waals surface area contributed by atoms with E-state index in [0.29, 0.717) is 19.6 Å². The molecule has 10 heavy (non-hydrogen) atoms. The first kappa shape index (κ1) is 7.94. The molecule has 3 atom stereocenters. The van der Waals surface area contributed by atoms with Gasteiger partial charge in [0.15, 0.2) is 0 Å². The van der Waals surface area contributed by atoms with Gasteiger partial charge in [0.1, 0.15) is 0 Å². The Morgan fingerprint density at radius 1 is 1.60 bits per heavy atom. The van der Waals surface area contributed by atoms with E-state index in [1.54, 1.807) is 0 Å². The van der Waals surface area contributed by atoms with Crippen molar-refractivity contribution in [3.8, 4) is 0 Å². The molecule has 0 amide bonds. The number of ether oxygens (including phenoxy) is 1. The molecular formula is C6H14N2O2. The van der Waals surface area contributed by atoms with E-state index in [0.717, 1.165) is 0 Å². The first-order valence-corrected chi connectivity index (χ1v) is 3.49. The molecule has 0 aliphatic carbocycles. The van der Waals surface area contributed by atoms with E-state index in [1.165, 1.54) is 0 Å². The maximum atomic E-state index is 9.22. The van der Waals surface area contributed by atoms with Crippen LogP contribution in [0.3, 0.4) is 0 Å². The fraction of sp³-hybridized carbons (Fsp3) is 1.00. The van der Waals surface area contributed by atoms with Gasteiger partial charge >= 0.3 is 0 Å². The van der Waals surface area contributed by atoms with Crippen molar-refractivity contribution in [3.63, 3.8) is 0 Å². The Morgan fingerprint density at radius 2 is 2.30 bits per heavy atom. The van der Waals surface area contributed by atoms with Gasteiger partial charge in [0.2, 0.25) is 0 Å². The zero-order chi connectivity index (χ0) is 7.56. The van der Waals surface area contributed by atoms with Crippen LogP contribution in [0.2, 0.25) is 0 Å². The molecule has 0 unspecified atom stereocenters. The number of aliphatic hydroxyl groups is 1. The van der Waals surface area contributed by atoms with Crippen LogP contribution < -0.4 is 11.5 Å². The number of hydrogen-bond donors (Lipinski definition) is 3. The van der Waals surface area contributed by atoms with E-state index in [1.807, 2.05) is 0 Å². The van der Waals surface area contributed by atoms with Crippen LogP contribution in [0.15, 0.2) is 0 Å². The van der Waals surface area contributed by atoms with Crippen LogP contribution in [-0.2, 0) is 4.74 Å². The Bertz CT molecular complexity index is 110.